The molecule has 0 saturated carbocycles. The van der Waals surface area contributed by atoms with Gasteiger partial charge in [0.25, 0.3) is 11.1 Å². The molecule has 0 aliphatic carbocycles. The molecule has 1 aliphatic rings. The first-order valence-corrected chi connectivity index (χ1v) is 9.65. The summed E-state index contributed by atoms with van der Waals surface area (Å²) in [5, 5.41) is 0.386. The van der Waals surface area contributed by atoms with Gasteiger partial charge in [-0.2, -0.15) is 0 Å². The van der Waals surface area contributed by atoms with Crippen molar-refractivity contribution in [1.82, 2.24) is 9.47 Å². The van der Waals surface area contributed by atoms with Crippen molar-refractivity contribution in [1.29, 1.82) is 0 Å². The average Bonchev–Trinajstić information content (AvgIpc) is 3.00. The number of aromatic nitrogens is 1. The molecule has 0 bridgehead atoms. The number of hydrogen-bond acceptors (Lipinski definition) is 3. The van der Waals surface area contributed by atoms with Crippen LogP contribution >= 0.6 is 23.4 Å². The number of amides is 2. The first-order valence-electron chi connectivity index (χ1n) is 8.46. The number of aryl methyl sites for hydroxylation is 1. The van der Waals surface area contributed by atoms with Crippen LogP contribution in [-0.2, 0) is 11.3 Å². The largest absolute Gasteiger partial charge is 0.346 e. The molecule has 6 heteroatoms. The molecule has 0 unspecified atom stereocenters. The predicted octanol–water partition coefficient (Wildman–Crippen LogP) is 5.58. The van der Waals surface area contributed by atoms with Crippen molar-refractivity contribution in [3.05, 3.63) is 62.8 Å². The summed E-state index contributed by atoms with van der Waals surface area (Å²) in [6, 6.07) is 9.57. The summed E-state index contributed by atoms with van der Waals surface area (Å²) < 4.78 is 2.23. The fourth-order valence-corrected chi connectivity index (χ4v) is 4.25. The van der Waals surface area contributed by atoms with E-state index in [4.69, 9.17) is 11.6 Å². The standard InChI is InChI=1S/C20H21ClN2O2S/c1-12(2)23-13(3)9-16(14(23)4)10-18-19(24)22(20(25)26-18)11-15-5-7-17(21)8-6-15/h5-10,12H,11H2,1-4H3/b18-10+. The Labute approximate surface area is 162 Å². The lowest BCUT2D eigenvalue weighted by atomic mass is 10.2. The Bertz CT molecular complexity index is 897. The van der Waals surface area contributed by atoms with Gasteiger partial charge in [0, 0.05) is 22.5 Å². The summed E-state index contributed by atoms with van der Waals surface area (Å²) in [7, 11) is 0. The molecule has 0 N–H and O–H groups in total. The first-order chi connectivity index (χ1) is 12.3. The fraction of sp³-hybridized carbons (Fsp3) is 0.300. The van der Waals surface area contributed by atoms with Crippen LogP contribution in [0, 0.1) is 13.8 Å². The molecule has 1 fully saturated rings. The van der Waals surface area contributed by atoms with Gasteiger partial charge >= 0.3 is 0 Å². The molecule has 136 valence electrons. The van der Waals surface area contributed by atoms with Crippen LogP contribution in [0.2, 0.25) is 5.02 Å². The van der Waals surface area contributed by atoms with Gasteiger partial charge in [0.2, 0.25) is 0 Å². The zero-order valence-corrected chi connectivity index (χ0v) is 16.8. The van der Waals surface area contributed by atoms with Crippen LogP contribution in [0.5, 0.6) is 0 Å². The van der Waals surface area contributed by atoms with Crippen molar-refractivity contribution in [3.63, 3.8) is 0 Å². The zero-order chi connectivity index (χ0) is 19.0. The summed E-state index contributed by atoms with van der Waals surface area (Å²) in [5.41, 5.74) is 4.09. The van der Waals surface area contributed by atoms with Gasteiger partial charge in [-0.3, -0.25) is 14.5 Å². The van der Waals surface area contributed by atoms with Gasteiger partial charge in [0.15, 0.2) is 0 Å². The van der Waals surface area contributed by atoms with Gasteiger partial charge in [-0.05, 0) is 74.9 Å². The van der Waals surface area contributed by atoms with Crippen LogP contribution in [0.4, 0.5) is 4.79 Å². The molecular formula is C20H21ClN2O2S. The molecule has 1 aliphatic heterocycles. The number of nitrogens with zero attached hydrogens (tertiary/aromatic N) is 2. The average molecular weight is 389 g/mol. The van der Waals surface area contributed by atoms with Gasteiger partial charge in [-0.15, -0.1) is 0 Å². The second-order valence-electron chi connectivity index (χ2n) is 6.68. The molecule has 1 saturated heterocycles. The van der Waals surface area contributed by atoms with E-state index in [1.54, 1.807) is 12.1 Å². The molecule has 2 aromatic rings. The molecule has 1 aromatic heterocycles. The van der Waals surface area contributed by atoms with E-state index in [0.29, 0.717) is 16.0 Å². The third-order valence-electron chi connectivity index (χ3n) is 4.45. The maximum atomic E-state index is 12.7. The SMILES string of the molecule is Cc1cc(/C=C2/SC(=O)N(Cc3ccc(Cl)cc3)C2=O)c(C)n1C(C)C. The van der Waals surface area contributed by atoms with Crippen LogP contribution in [0.25, 0.3) is 6.08 Å². The van der Waals surface area contributed by atoms with Crippen molar-refractivity contribution >= 4 is 40.6 Å². The second kappa shape index (κ2) is 7.33. The lowest BCUT2D eigenvalue weighted by Crippen LogP contribution is -2.27. The monoisotopic (exact) mass is 388 g/mol. The molecule has 2 amide bonds. The summed E-state index contributed by atoms with van der Waals surface area (Å²) in [5.74, 6) is -0.246. The van der Waals surface area contributed by atoms with E-state index in [1.807, 2.05) is 25.1 Å². The number of carbonyl (C=O) groups is 2. The molecule has 0 atom stereocenters. The smallest absolute Gasteiger partial charge is 0.293 e. The zero-order valence-electron chi connectivity index (χ0n) is 15.2. The Hall–Kier alpha value is -1.98. The third-order valence-corrected chi connectivity index (χ3v) is 5.61. The summed E-state index contributed by atoms with van der Waals surface area (Å²) in [6.45, 7) is 8.60. The minimum absolute atomic E-state index is 0.242. The second-order valence-corrected chi connectivity index (χ2v) is 8.11. The number of hydrogen-bond donors (Lipinski definition) is 0. The van der Waals surface area contributed by atoms with Gasteiger partial charge in [0.05, 0.1) is 11.4 Å². The number of rotatable bonds is 4. The molecule has 26 heavy (non-hydrogen) atoms. The Balaban J connectivity index is 1.86. The Morgan fingerprint density at radius 2 is 1.81 bits per heavy atom. The van der Waals surface area contributed by atoms with Crippen molar-refractivity contribution in [2.45, 2.75) is 40.3 Å². The highest BCUT2D eigenvalue weighted by atomic mass is 35.5. The highest BCUT2D eigenvalue weighted by molar-refractivity contribution is 8.18. The molecule has 0 spiro atoms. The summed E-state index contributed by atoms with van der Waals surface area (Å²) >= 11 is 6.88. The van der Waals surface area contributed by atoms with Crippen LogP contribution in [0.15, 0.2) is 35.2 Å². The number of thioether (sulfide) groups is 1. The third kappa shape index (κ3) is 3.60. The van der Waals surface area contributed by atoms with Gasteiger partial charge < -0.3 is 4.57 Å². The number of carbonyl (C=O) groups excluding carboxylic acids is 2. The van der Waals surface area contributed by atoms with E-state index >= 15 is 0 Å². The van der Waals surface area contributed by atoms with E-state index < -0.39 is 0 Å². The Morgan fingerprint density at radius 1 is 1.15 bits per heavy atom. The molecule has 3 rings (SSSR count). The molecule has 0 radical (unpaired) electrons. The van der Waals surface area contributed by atoms with E-state index in [-0.39, 0.29) is 17.7 Å². The maximum Gasteiger partial charge on any atom is 0.293 e. The Morgan fingerprint density at radius 3 is 2.38 bits per heavy atom. The normalized spacial score (nSPS) is 16.4. The maximum absolute atomic E-state index is 12.7. The van der Waals surface area contributed by atoms with Crippen molar-refractivity contribution in [2.75, 3.05) is 0 Å². The topological polar surface area (TPSA) is 42.3 Å². The molecule has 2 heterocycles. The van der Waals surface area contributed by atoms with Crippen LogP contribution < -0.4 is 0 Å². The van der Waals surface area contributed by atoms with E-state index in [1.165, 1.54) is 4.90 Å². The lowest BCUT2D eigenvalue weighted by molar-refractivity contribution is -0.123. The van der Waals surface area contributed by atoms with Gasteiger partial charge in [-0.1, -0.05) is 23.7 Å². The minimum atomic E-state index is -0.246. The molecular weight excluding hydrogens is 368 g/mol. The van der Waals surface area contributed by atoms with Crippen LogP contribution in [0.1, 0.15) is 42.4 Å². The van der Waals surface area contributed by atoms with Crippen molar-refractivity contribution in [3.8, 4) is 0 Å². The van der Waals surface area contributed by atoms with Crippen molar-refractivity contribution < 1.29 is 9.59 Å². The summed E-state index contributed by atoms with van der Waals surface area (Å²) in [4.78, 5) is 26.8. The van der Waals surface area contributed by atoms with E-state index in [2.05, 4.69) is 31.4 Å². The van der Waals surface area contributed by atoms with Gasteiger partial charge in [0.1, 0.15) is 0 Å². The number of benzene rings is 1. The van der Waals surface area contributed by atoms with E-state index in [9.17, 15) is 9.59 Å². The number of halogens is 1. The van der Waals surface area contributed by atoms with Crippen LogP contribution in [-0.4, -0.2) is 20.6 Å². The Kier molecular flexibility index (Phi) is 5.30. The minimum Gasteiger partial charge on any atom is -0.346 e. The first kappa shape index (κ1) is 18.8. The van der Waals surface area contributed by atoms with E-state index in [0.717, 1.165) is 34.3 Å². The highest BCUT2D eigenvalue weighted by Crippen LogP contribution is 2.34. The van der Waals surface area contributed by atoms with Crippen LogP contribution in [0.3, 0.4) is 0 Å². The quantitative estimate of drug-likeness (QED) is 0.642. The van der Waals surface area contributed by atoms with Crippen molar-refractivity contribution in [2.24, 2.45) is 0 Å². The predicted molar refractivity (Wildman–Crippen MR) is 107 cm³/mol. The fourth-order valence-electron chi connectivity index (χ4n) is 3.29. The molecule has 1 aromatic carbocycles. The summed E-state index contributed by atoms with van der Waals surface area (Å²) in [6.07, 6.45) is 1.83. The lowest BCUT2D eigenvalue weighted by Gasteiger charge is -2.13. The van der Waals surface area contributed by atoms with Gasteiger partial charge in [-0.25, -0.2) is 0 Å². The molecule has 4 nitrogen and oxygen atoms in total. The highest BCUT2D eigenvalue weighted by Gasteiger charge is 2.35. The number of imide groups is 1.